The Kier molecular flexibility index (Phi) is 11.5. The van der Waals surface area contributed by atoms with Crippen LogP contribution >= 0.6 is 23.5 Å². The molecule has 2 rings (SSSR count). The molecule has 1 heterocycles. The summed E-state index contributed by atoms with van der Waals surface area (Å²) >= 11 is 4.32. The molecule has 1 saturated carbocycles. The lowest BCUT2D eigenvalue weighted by Gasteiger charge is -2.35. The van der Waals surface area contributed by atoms with Gasteiger partial charge in [0.15, 0.2) is 0 Å². The highest BCUT2D eigenvalue weighted by Crippen LogP contribution is 2.48. The van der Waals surface area contributed by atoms with Crippen LogP contribution < -0.4 is 0 Å². The minimum absolute atomic E-state index is 0.0102. The smallest absolute Gasteiger partial charge is 0.369 e. The van der Waals surface area contributed by atoms with Crippen LogP contribution in [0.1, 0.15) is 71.1 Å². The van der Waals surface area contributed by atoms with E-state index in [1.165, 1.54) is 56.5 Å². The van der Waals surface area contributed by atoms with Gasteiger partial charge < -0.3 is 20.1 Å². The number of hydrogen-bond acceptors (Lipinski definition) is 7. The maximum absolute atomic E-state index is 11.3. The summed E-state index contributed by atoms with van der Waals surface area (Å²) in [7, 11) is 1.05. The maximum atomic E-state index is 11.3. The molecule has 1 saturated heterocycles. The molecule has 2 fully saturated rings. The fraction of sp³-hybridized carbons (Fsp3) is 0.792. The molecule has 3 N–H and O–H groups in total. The molecule has 0 aromatic carbocycles. The lowest BCUT2D eigenvalue weighted by molar-refractivity contribution is -0.238. The fourth-order valence-corrected chi connectivity index (χ4v) is 7.75. The number of unbranched alkanes of at least 4 members (excludes halogenated alkanes) is 1. The number of methoxy groups -OCH3 is 1. The first-order chi connectivity index (χ1) is 14.8. The number of carbonyl (C=O) groups is 1. The number of aliphatic hydroxyl groups excluding tert-OH is 1. The third kappa shape index (κ3) is 8.11. The molecule has 1 unspecified atom stereocenters. The molecule has 0 spiro atoms. The number of rotatable bonds is 12. The zero-order valence-corrected chi connectivity index (χ0v) is 20.6. The number of allylic oxidation sites excluding steroid dienone is 3. The number of carbonyl (C=O) groups excluding carboxylic acids is 1. The summed E-state index contributed by atoms with van der Waals surface area (Å²) in [6, 6.07) is 0. The molecule has 7 heteroatoms. The molecule has 0 radical (unpaired) electrons. The number of aliphatic hydroxyl groups is 3. The largest absolute Gasteiger partial charge is 0.465 e. The van der Waals surface area contributed by atoms with Gasteiger partial charge in [-0.15, -0.1) is 23.5 Å². The van der Waals surface area contributed by atoms with Crippen LogP contribution in [0.15, 0.2) is 24.3 Å². The van der Waals surface area contributed by atoms with Gasteiger partial charge in [0.1, 0.15) is 6.10 Å². The molecular weight excluding hydrogens is 432 g/mol. The van der Waals surface area contributed by atoms with Gasteiger partial charge in [-0.3, -0.25) is 0 Å². The van der Waals surface area contributed by atoms with Crippen LogP contribution in [0.3, 0.4) is 0 Å². The summed E-state index contributed by atoms with van der Waals surface area (Å²) < 4.78 is 4.68. The van der Waals surface area contributed by atoms with Crippen molar-refractivity contribution in [3.63, 3.8) is 0 Å². The van der Waals surface area contributed by atoms with E-state index in [1.54, 1.807) is 6.08 Å². The van der Waals surface area contributed by atoms with Crippen molar-refractivity contribution in [2.24, 2.45) is 11.8 Å². The van der Waals surface area contributed by atoms with Crippen LogP contribution in [0.25, 0.3) is 0 Å². The lowest BCUT2D eigenvalue weighted by atomic mass is 9.91. The molecular formula is C24H40O5S2. The predicted molar refractivity (Wildman–Crippen MR) is 130 cm³/mol. The lowest BCUT2D eigenvalue weighted by Crippen LogP contribution is -2.50. The highest BCUT2D eigenvalue weighted by Gasteiger charge is 2.42. The van der Waals surface area contributed by atoms with E-state index in [9.17, 15) is 20.1 Å². The number of hydrogen-bond donors (Lipinski definition) is 3. The highest BCUT2D eigenvalue weighted by atomic mass is 32.2. The molecule has 0 amide bonds. The molecule has 0 aromatic heterocycles. The minimum atomic E-state index is -2.87. The van der Waals surface area contributed by atoms with E-state index in [-0.39, 0.29) is 6.42 Å². The van der Waals surface area contributed by atoms with Crippen LogP contribution in [-0.4, -0.2) is 55.9 Å². The van der Waals surface area contributed by atoms with E-state index in [1.807, 2.05) is 6.08 Å². The Labute approximate surface area is 196 Å². The summed E-state index contributed by atoms with van der Waals surface area (Å²) in [6.07, 6.45) is 17.8. The average molecular weight is 473 g/mol. The molecule has 5 nitrogen and oxygen atoms in total. The van der Waals surface area contributed by atoms with Crippen molar-refractivity contribution in [1.29, 1.82) is 0 Å². The minimum Gasteiger partial charge on any atom is -0.465 e. The molecule has 3 atom stereocenters. The Morgan fingerprint density at radius 1 is 1.19 bits per heavy atom. The van der Waals surface area contributed by atoms with Crippen LogP contribution in [0, 0.1) is 11.8 Å². The van der Waals surface area contributed by atoms with E-state index in [0.29, 0.717) is 15.9 Å². The van der Waals surface area contributed by atoms with Crippen molar-refractivity contribution in [3.05, 3.63) is 24.3 Å². The average Bonchev–Trinajstić information content (AvgIpc) is 3.22. The van der Waals surface area contributed by atoms with Gasteiger partial charge in [-0.25, -0.2) is 4.79 Å². The van der Waals surface area contributed by atoms with Crippen molar-refractivity contribution in [1.82, 2.24) is 0 Å². The topological polar surface area (TPSA) is 87.0 Å². The fourth-order valence-electron chi connectivity index (χ4n) is 4.41. The second-order valence-corrected chi connectivity index (χ2v) is 11.9. The van der Waals surface area contributed by atoms with Gasteiger partial charge in [-0.05, 0) is 68.3 Å². The molecule has 1 aliphatic carbocycles. The van der Waals surface area contributed by atoms with Crippen LogP contribution in [0.5, 0.6) is 0 Å². The quantitative estimate of drug-likeness (QED) is 0.216. The van der Waals surface area contributed by atoms with Gasteiger partial charge in [0.25, 0.3) is 5.79 Å². The van der Waals surface area contributed by atoms with Crippen molar-refractivity contribution >= 4 is 29.5 Å². The van der Waals surface area contributed by atoms with Gasteiger partial charge in [0.2, 0.25) is 0 Å². The van der Waals surface area contributed by atoms with Crippen LogP contribution in [0.4, 0.5) is 0 Å². The van der Waals surface area contributed by atoms with Crippen LogP contribution in [-0.2, 0) is 9.53 Å². The van der Waals surface area contributed by atoms with E-state index in [4.69, 9.17) is 0 Å². The third-order valence-electron chi connectivity index (χ3n) is 6.38. The van der Waals surface area contributed by atoms with Crippen molar-refractivity contribution < 1.29 is 24.9 Å². The Balaban J connectivity index is 1.82. The zero-order chi connectivity index (χ0) is 22.7. The Bertz CT molecular complexity index is 599. The van der Waals surface area contributed by atoms with Gasteiger partial charge in [-0.2, -0.15) is 0 Å². The zero-order valence-electron chi connectivity index (χ0n) is 19.0. The summed E-state index contributed by atoms with van der Waals surface area (Å²) in [6.45, 7) is 2.27. The Hall–Kier alpha value is -0.470. The first-order valence-corrected chi connectivity index (χ1v) is 13.6. The SMILES string of the molecule is CCCCC1(C/C=C/[C@H]2CCC[C@@H]2C/C=C\CC(O)C(O)(O)C(=O)OC)SCCCS1. The van der Waals surface area contributed by atoms with E-state index >= 15 is 0 Å². The molecule has 0 bridgehead atoms. The Morgan fingerprint density at radius 3 is 2.61 bits per heavy atom. The van der Waals surface area contributed by atoms with E-state index in [2.05, 4.69) is 47.3 Å². The first-order valence-electron chi connectivity index (χ1n) is 11.7. The second-order valence-electron chi connectivity index (χ2n) is 8.73. The maximum Gasteiger partial charge on any atom is 0.369 e. The molecule has 178 valence electrons. The summed E-state index contributed by atoms with van der Waals surface area (Å²) in [4.78, 5) is 11.3. The molecule has 0 aromatic rings. The highest BCUT2D eigenvalue weighted by molar-refractivity contribution is 8.18. The van der Waals surface area contributed by atoms with E-state index in [0.717, 1.165) is 20.0 Å². The van der Waals surface area contributed by atoms with Gasteiger partial charge in [0, 0.05) is 0 Å². The molecule has 2 aliphatic rings. The van der Waals surface area contributed by atoms with Gasteiger partial charge >= 0.3 is 5.97 Å². The van der Waals surface area contributed by atoms with Gasteiger partial charge in [-0.1, -0.05) is 50.5 Å². The number of ether oxygens (including phenoxy) is 1. The molecule has 1 aliphatic heterocycles. The van der Waals surface area contributed by atoms with E-state index < -0.39 is 17.9 Å². The van der Waals surface area contributed by atoms with Crippen molar-refractivity contribution in [2.45, 2.75) is 87.1 Å². The van der Waals surface area contributed by atoms with Crippen molar-refractivity contribution in [3.8, 4) is 0 Å². The summed E-state index contributed by atoms with van der Waals surface area (Å²) in [5.74, 6) is -0.392. The third-order valence-corrected chi connectivity index (χ3v) is 9.86. The predicted octanol–water partition coefficient (Wildman–Crippen LogP) is 4.66. The second kappa shape index (κ2) is 13.3. The monoisotopic (exact) mass is 472 g/mol. The normalized spacial score (nSPS) is 25.3. The molecule has 31 heavy (non-hydrogen) atoms. The van der Waals surface area contributed by atoms with Crippen LogP contribution in [0.2, 0.25) is 0 Å². The standard InChI is InChI=1S/C24H40O5S2/c1-3-4-15-23(30-17-9-18-31-23)16-8-13-20-12-7-11-19(20)10-5-6-14-21(25)24(27,28)22(26)29-2/h5-6,8,13,19-21,25,27-28H,3-4,7,9-12,14-18H2,1-2H3/b6-5-,13-8+/t19-,20+,21?/m0/s1. The summed E-state index contributed by atoms with van der Waals surface area (Å²) in [5, 5.41) is 29.2. The first kappa shape index (κ1) is 26.8. The number of thioether (sulfide) groups is 2. The number of esters is 1. The Morgan fingerprint density at radius 2 is 1.94 bits per heavy atom. The van der Waals surface area contributed by atoms with Crippen molar-refractivity contribution in [2.75, 3.05) is 18.6 Å². The van der Waals surface area contributed by atoms with Gasteiger partial charge in [0.05, 0.1) is 11.2 Å². The summed E-state index contributed by atoms with van der Waals surface area (Å²) in [5.41, 5.74) is 0.